The van der Waals surface area contributed by atoms with Crippen molar-refractivity contribution in [3.8, 4) is 0 Å². The molecule has 1 aliphatic rings. The van der Waals surface area contributed by atoms with Crippen molar-refractivity contribution < 1.29 is 19.4 Å². The number of aliphatic hydroxyl groups is 1. The van der Waals surface area contributed by atoms with Gasteiger partial charge in [-0.3, -0.25) is 4.79 Å². The van der Waals surface area contributed by atoms with Gasteiger partial charge < -0.3 is 14.6 Å². The van der Waals surface area contributed by atoms with Crippen LogP contribution in [-0.4, -0.2) is 36.5 Å². The summed E-state index contributed by atoms with van der Waals surface area (Å²) in [5, 5.41) is 10.2. The second-order valence-corrected chi connectivity index (χ2v) is 7.59. The fourth-order valence-electron chi connectivity index (χ4n) is 3.13. The largest absolute Gasteiger partial charge is 0.458 e. The first-order chi connectivity index (χ1) is 14.5. The van der Waals surface area contributed by atoms with E-state index in [0.29, 0.717) is 12.8 Å². The summed E-state index contributed by atoms with van der Waals surface area (Å²) in [6.45, 7) is 6.08. The molecule has 1 aliphatic heterocycles. The number of cyclic esters (lactones) is 1. The molecule has 3 atom stereocenters. The summed E-state index contributed by atoms with van der Waals surface area (Å²) >= 11 is 0. The molecule has 1 rings (SSSR count). The van der Waals surface area contributed by atoms with Gasteiger partial charge in [0.2, 0.25) is 0 Å². The Labute approximate surface area is 182 Å². The normalized spacial score (nSPS) is 30.6. The summed E-state index contributed by atoms with van der Waals surface area (Å²) in [7, 11) is 1.69. The van der Waals surface area contributed by atoms with Gasteiger partial charge in [-0.2, -0.15) is 0 Å². The molecule has 0 aromatic rings. The lowest BCUT2D eigenvalue weighted by Crippen LogP contribution is -2.20. The molecular formula is C26H38O4. The molecule has 4 nitrogen and oxygen atoms in total. The average Bonchev–Trinajstić information content (AvgIpc) is 2.70. The molecule has 30 heavy (non-hydrogen) atoms. The monoisotopic (exact) mass is 414 g/mol. The third-order valence-electron chi connectivity index (χ3n) is 4.86. The van der Waals surface area contributed by atoms with Crippen molar-refractivity contribution in [1.29, 1.82) is 0 Å². The Kier molecular flexibility index (Phi) is 13.5. The first-order valence-corrected chi connectivity index (χ1v) is 10.8. The Balaban J connectivity index is 2.93. The summed E-state index contributed by atoms with van der Waals surface area (Å²) in [5.74, 6) is -0.406. The minimum Gasteiger partial charge on any atom is -0.458 e. The standard InChI is InChI=1S/C26H38O4/c1-5-6-14-21(2)19-24-17-12-10-8-7-9-11-15-22(3)25(29-4)18-13-16-23(27)20-26(28)30-24/h5-8,10,12-13,15-16,19,23-25,27H,9,11,14,17-18,20H2,1-4H3/b6-5+,8-7+,12-10+,16-13+,21-19-,22-15+/t23-,24-,25+/m1/s1. The molecule has 0 aromatic heterocycles. The molecule has 0 saturated heterocycles. The molecule has 1 N–H and O–H groups in total. The van der Waals surface area contributed by atoms with Crippen LogP contribution in [0.5, 0.6) is 0 Å². The van der Waals surface area contributed by atoms with Crippen LogP contribution in [-0.2, 0) is 14.3 Å². The average molecular weight is 415 g/mol. The molecule has 4 heteroatoms. The van der Waals surface area contributed by atoms with E-state index in [0.717, 1.165) is 24.8 Å². The zero-order valence-corrected chi connectivity index (χ0v) is 18.9. The van der Waals surface area contributed by atoms with Crippen LogP contribution in [0.4, 0.5) is 0 Å². The number of carbonyl (C=O) groups excluding carboxylic acids is 1. The van der Waals surface area contributed by atoms with E-state index in [2.05, 4.69) is 25.2 Å². The lowest BCUT2D eigenvalue weighted by Gasteiger charge is -2.16. The Morgan fingerprint density at radius 2 is 2.00 bits per heavy atom. The molecule has 0 spiro atoms. The number of aliphatic hydroxyl groups excluding tert-OH is 1. The van der Waals surface area contributed by atoms with Crippen molar-refractivity contribution in [3.63, 3.8) is 0 Å². The van der Waals surface area contributed by atoms with Crippen LogP contribution in [0.15, 0.2) is 71.9 Å². The van der Waals surface area contributed by atoms with E-state index < -0.39 is 12.1 Å². The van der Waals surface area contributed by atoms with E-state index in [4.69, 9.17) is 9.47 Å². The van der Waals surface area contributed by atoms with Gasteiger partial charge in [-0.25, -0.2) is 0 Å². The first-order valence-electron chi connectivity index (χ1n) is 10.8. The maximum absolute atomic E-state index is 12.3. The van der Waals surface area contributed by atoms with Crippen LogP contribution < -0.4 is 0 Å². The number of methoxy groups -OCH3 is 1. The highest BCUT2D eigenvalue weighted by atomic mass is 16.5. The zero-order chi connectivity index (χ0) is 22.2. The van der Waals surface area contributed by atoms with Crippen molar-refractivity contribution in [2.45, 2.75) is 77.6 Å². The van der Waals surface area contributed by atoms with Crippen LogP contribution in [0.2, 0.25) is 0 Å². The summed E-state index contributed by atoms with van der Waals surface area (Å²) in [6.07, 6.45) is 22.6. The Morgan fingerprint density at radius 1 is 1.23 bits per heavy atom. The predicted molar refractivity (Wildman–Crippen MR) is 124 cm³/mol. The van der Waals surface area contributed by atoms with Gasteiger partial charge in [0.15, 0.2) is 0 Å². The second-order valence-electron chi connectivity index (χ2n) is 7.59. The molecule has 0 aromatic carbocycles. The van der Waals surface area contributed by atoms with Crippen molar-refractivity contribution in [2.24, 2.45) is 0 Å². The van der Waals surface area contributed by atoms with Gasteiger partial charge in [-0.15, -0.1) is 0 Å². The second kappa shape index (κ2) is 15.6. The molecule has 0 aliphatic carbocycles. The summed E-state index contributed by atoms with van der Waals surface area (Å²) < 4.78 is 11.2. The Hall–Kier alpha value is -2.17. The summed E-state index contributed by atoms with van der Waals surface area (Å²) in [4.78, 5) is 12.3. The van der Waals surface area contributed by atoms with Gasteiger partial charge in [-0.1, -0.05) is 60.3 Å². The number of rotatable bonds is 4. The highest BCUT2D eigenvalue weighted by Gasteiger charge is 2.15. The van der Waals surface area contributed by atoms with Crippen LogP contribution in [0.1, 0.15) is 59.3 Å². The van der Waals surface area contributed by atoms with Gasteiger partial charge in [0, 0.05) is 13.5 Å². The molecule has 0 fully saturated rings. The fraction of sp³-hybridized carbons (Fsp3) is 0.500. The molecule has 0 unspecified atom stereocenters. The number of hydrogen-bond acceptors (Lipinski definition) is 4. The minimum absolute atomic E-state index is 0.0298. The van der Waals surface area contributed by atoms with Gasteiger partial charge >= 0.3 is 5.97 Å². The third kappa shape index (κ3) is 11.7. The number of esters is 1. The Morgan fingerprint density at radius 3 is 2.73 bits per heavy atom. The number of allylic oxidation sites excluding steroid dienone is 7. The van der Waals surface area contributed by atoms with Crippen molar-refractivity contribution in [3.05, 3.63) is 71.9 Å². The number of carbonyl (C=O) groups is 1. The highest BCUT2D eigenvalue weighted by molar-refractivity contribution is 5.70. The van der Waals surface area contributed by atoms with Crippen LogP contribution in [0, 0.1) is 0 Å². The van der Waals surface area contributed by atoms with Crippen LogP contribution in [0.3, 0.4) is 0 Å². The van der Waals surface area contributed by atoms with Gasteiger partial charge in [0.05, 0.1) is 18.6 Å². The third-order valence-corrected chi connectivity index (χ3v) is 4.86. The van der Waals surface area contributed by atoms with E-state index >= 15 is 0 Å². The summed E-state index contributed by atoms with van der Waals surface area (Å²) in [6, 6.07) is 0. The Bertz CT molecular complexity index is 679. The van der Waals surface area contributed by atoms with E-state index in [1.165, 1.54) is 5.57 Å². The predicted octanol–water partition coefficient (Wildman–Crippen LogP) is 5.77. The molecule has 0 saturated carbocycles. The lowest BCUT2D eigenvalue weighted by atomic mass is 10.1. The number of hydrogen-bond donors (Lipinski definition) is 1. The first kappa shape index (κ1) is 25.9. The lowest BCUT2D eigenvalue weighted by molar-refractivity contribution is -0.148. The van der Waals surface area contributed by atoms with Crippen LogP contribution >= 0.6 is 0 Å². The summed E-state index contributed by atoms with van der Waals surface area (Å²) in [5.41, 5.74) is 2.31. The maximum Gasteiger partial charge on any atom is 0.309 e. The molecule has 0 amide bonds. The van der Waals surface area contributed by atoms with Gasteiger partial charge in [-0.05, 0) is 58.1 Å². The quantitative estimate of drug-likeness (QED) is 0.469. The topological polar surface area (TPSA) is 55.8 Å². The van der Waals surface area contributed by atoms with Crippen molar-refractivity contribution >= 4 is 5.97 Å². The van der Waals surface area contributed by atoms with Crippen molar-refractivity contribution in [1.82, 2.24) is 0 Å². The van der Waals surface area contributed by atoms with Crippen LogP contribution in [0.25, 0.3) is 0 Å². The SMILES string of the molecule is C/C=C/C/C(C)=C\[C@H]1C/C=C/C=C/CC/C=C(\C)[C@@H](OC)C/C=C/[C@@H](O)CC(=O)O1. The molecular weight excluding hydrogens is 376 g/mol. The van der Waals surface area contributed by atoms with Gasteiger partial charge in [0.1, 0.15) is 6.10 Å². The molecule has 0 bridgehead atoms. The van der Waals surface area contributed by atoms with E-state index in [-0.39, 0.29) is 18.6 Å². The van der Waals surface area contributed by atoms with E-state index in [1.54, 1.807) is 13.2 Å². The van der Waals surface area contributed by atoms with Gasteiger partial charge in [0.25, 0.3) is 0 Å². The number of ether oxygens (including phenoxy) is 2. The fourth-order valence-corrected chi connectivity index (χ4v) is 3.13. The zero-order valence-electron chi connectivity index (χ0n) is 18.9. The minimum atomic E-state index is -0.870. The smallest absolute Gasteiger partial charge is 0.309 e. The molecule has 166 valence electrons. The van der Waals surface area contributed by atoms with E-state index in [9.17, 15) is 9.90 Å². The highest BCUT2D eigenvalue weighted by Crippen LogP contribution is 2.14. The molecule has 1 heterocycles. The van der Waals surface area contributed by atoms with Crippen molar-refractivity contribution in [2.75, 3.05) is 7.11 Å². The maximum atomic E-state index is 12.3. The van der Waals surface area contributed by atoms with E-state index in [1.807, 2.05) is 50.3 Å². The molecule has 0 radical (unpaired) electrons.